The molecule has 0 spiro atoms. The lowest BCUT2D eigenvalue weighted by Crippen LogP contribution is -2.05. The predicted octanol–water partition coefficient (Wildman–Crippen LogP) is 5.09. The number of nitrogens with zero attached hydrogens (tertiary/aromatic N) is 3. The van der Waals surface area contributed by atoms with Gasteiger partial charge in [0.05, 0.1) is 11.7 Å². The van der Waals surface area contributed by atoms with E-state index in [0.717, 1.165) is 17.2 Å². The zero-order valence-electron chi connectivity index (χ0n) is 14.5. The summed E-state index contributed by atoms with van der Waals surface area (Å²) in [5.74, 6) is 0. The van der Waals surface area contributed by atoms with Gasteiger partial charge in [0.1, 0.15) is 0 Å². The highest BCUT2D eigenvalue weighted by Crippen LogP contribution is 2.25. The summed E-state index contributed by atoms with van der Waals surface area (Å²) in [6, 6.07) is 21.1. The molecular formula is C21H20N4S. The highest BCUT2D eigenvalue weighted by Gasteiger charge is 2.08. The maximum absolute atomic E-state index is 4.53. The van der Waals surface area contributed by atoms with Crippen LogP contribution in [-0.2, 0) is 6.42 Å². The summed E-state index contributed by atoms with van der Waals surface area (Å²) in [4.78, 5) is 5.78. The molecule has 0 aliphatic heterocycles. The highest BCUT2D eigenvalue weighted by atomic mass is 32.1. The first kappa shape index (κ1) is 16.5. The fourth-order valence-electron chi connectivity index (χ4n) is 2.86. The van der Waals surface area contributed by atoms with Gasteiger partial charge in [-0.05, 0) is 36.2 Å². The number of rotatable bonds is 6. The molecule has 4 nitrogen and oxygen atoms in total. The Bertz CT molecular complexity index is 943. The number of thiazole rings is 1. The largest absolute Gasteiger partial charge is 0.355 e. The molecule has 0 aliphatic rings. The predicted molar refractivity (Wildman–Crippen MR) is 107 cm³/mol. The van der Waals surface area contributed by atoms with Crippen LogP contribution >= 0.6 is 11.3 Å². The Morgan fingerprint density at radius 1 is 1.04 bits per heavy atom. The molecule has 0 amide bonds. The molecule has 130 valence electrons. The van der Waals surface area contributed by atoms with Crippen LogP contribution in [0, 0.1) is 0 Å². The fourth-order valence-corrected chi connectivity index (χ4v) is 3.79. The van der Waals surface area contributed by atoms with Crippen molar-refractivity contribution in [1.29, 1.82) is 0 Å². The monoisotopic (exact) mass is 360 g/mol. The van der Waals surface area contributed by atoms with Crippen molar-refractivity contribution in [3.63, 3.8) is 0 Å². The number of hydrogen-bond donors (Lipinski definition) is 1. The maximum Gasteiger partial charge on any atom is 0.183 e. The summed E-state index contributed by atoms with van der Waals surface area (Å²) in [5, 5.41) is 8.71. The van der Waals surface area contributed by atoms with Crippen molar-refractivity contribution in [2.75, 3.05) is 5.32 Å². The highest BCUT2D eigenvalue weighted by molar-refractivity contribution is 7.15. The average Bonchev–Trinajstić information content (AvgIpc) is 3.35. The Morgan fingerprint density at radius 2 is 1.85 bits per heavy atom. The van der Waals surface area contributed by atoms with E-state index < -0.39 is 0 Å². The SMILES string of the molecule is CC(Nc1ncc(Cc2ccc(-n3cccn3)cc2)s1)c1ccccc1. The molecule has 4 rings (SSSR count). The van der Waals surface area contributed by atoms with E-state index in [1.54, 1.807) is 17.5 Å². The third-order valence-corrected chi connectivity index (χ3v) is 5.21. The lowest BCUT2D eigenvalue weighted by atomic mass is 10.1. The minimum Gasteiger partial charge on any atom is -0.355 e. The molecule has 0 saturated heterocycles. The van der Waals surface area contributed by atoms with Crippen LogP contribution < -0.4 is 5.32 Å². The molecule has 26 heavy (non-hydrogen) atoms. The van der Waals surface area contributed by atoms with Crippen LogP contribution in [-0.4, -0.2) is 14.8 Å². The summed E-state index contributed by atoms with van der Waals surface area (Å²) in [7, 11) is 0. The Kier molecular flexibility index (Phi) is 4.80. The van der Waals surface area contributed by atoms with Crippen LogP contribution in [0.25, 0.3) is 5.69 Å². The third kappa shape index (κ3) is 3.83. The minimum absolute atomic E-state index is 0.239. The molecule has 0 bridgehead atoms. The summed E-state index contributed by atoms with van der Waals surface area (Å²) >= 11 is 1.71. The van der Waals surface area contributed by atoms with Crippen LogP contribution in [0.3, 0.4) is 0 Å². The van der Waals surface area contributed by atoms with E-state index in [2.05, 4.69) is 70.9 Å². The van der Waals surface area contributed by atoms with Gasteiger partial charge in [0.15, 0.2) is 5.13 Å². The molecule has 0 aliphatic carbocycles. The summed E-state index contributed by atoms with van der Waals surface area (Å²) in [6.45, 7) is 2.16. The molecule has 1 atom stereocenters. The first-order valence-electron chi connectivity index (χ1n) is 8.63. The second-order valence-corrected chi connectivity index (χ2v) is 7.32. The van der Waals surface area contributed by atoms with Crippen molar-refractivity contribution < 1.29 is 0 Å². The quantitative estimate of drug-likeness (QED) is 0.521. The molecule has 0 radical (unpaired) electrons. The van der Waals surface area contributed by atoms with Crippen LogP contribution in [0.4, 0.5) is 5.13 Å². The van der Waals surface area contributed by atoms with Gasteiger partial charge in [0.25, 0.3) is 0 Å². The molecule has 5 heteroatoms. The lowest BCUT2D eigenvalue weighted by molar-refractivity contribution is 0.879. The van der Waals surface area contributed by atoms with Gasteiger partial charge in [0.2, 0.25) is 0 Å². The van der Waals surface area contributed by atoms with Crippen molar-refractivity contribution >= 4 is 16.5 Å². The minimum atomic E-state index is 0.239. The second-order valence-electron chi connectivity index (χ2n) is 6.20. The topological polar surface area (TPSA) is 42.7 Å². The van der Waals surface area contributed by atoms with Gasteiger partial charge in [-0.2, -0.15) is 5.10 Å². The van der Waals surface area contributed by atoms with Crippen molar-refractivity contribution in [3.05, 3.63) is 95.3 Å². The third-order valence-electron chi connectivity index (χ3n) is 4.28. The first-order valence-corrected chi connectivity index (χ1v) is 9.45. The van der Waals surface area contributed by atoms with Gasteiger partial charge in [-0.3, -0.25) is 0 Å². The fraction of sp³-hybridized carbons (Fsp3) is 0.143. The normalized spacial score (nSPS) is 12.0. The number of nitrogens with one attached hydrogen (secondary N) is 1. The van der Waals surface area contributed by atoms with Crippen molar-refractivity contribution in [2.45, 2.75) is 19.4 Å². The molecule has 2 heterocycles. The van der Waals surface area contributed by atoms with Gasteiger partial charge in [-0.25, -0.2) is 9.67 Å². The zero-order valence-corrected chi connectivity index (χ0v) is 15.4. The zero-order chi connectivity index (χ0) is 17.8. The molecule has 0 saturated carbocycles. The summed E-state index contributed by atoms with van der Waals surface area (Å²) in [5.41, 5.74) is 3.60. The van der Waals surface area contributed by atoms with E-state index in [9.17, 15) is 0 Å². The van der Waals surface area contributed by atoms with Crippen LogP contribution in [0.2, 0.25) is 0 Å². The van der Waals surface area contributed by atoms with Crippen molar-refractivity contribution in [1.82, 2.24) is 14.8 Å². The Morgan fingerprint density at radius 3 is 2.58 bits per heavy atom. The van der Waals surface area contributed by atoms with Crippen molar-refractivity contribution in [2.24, 2.45) is 0 Å². The van der Waals surface area contributed by atoms with E-state index in [1.165, 1.54) is 16.0 Å². The van der Waals surface area contributed by atoms with E-state index in [4.69, 9.17) is 0 Å². The first-order chi connectivity index (χ1) is 12.8. The number of aromatic nitrogens is 3. The smallest absolute Gasteiger partial charge is 0.183 e. The molecule has 2 aromatic carbocycles. The standard InChI is InChI=1S/C21H20N4S/c1-16(18-6-3-2-4-7-18)24-21-22-15-20(26-21)14-17-8-10-19(11-9-17)25-13-5-12-23-25/h2-13,15-16H,14H2,1H3,(H,22,24). The molecule has 1 N–H and O–H groups in total. The maximum atomic E-state index is 4.53. The Labute approximate surface area is 157 Å². The van der Waals surface area contributed by atoms with E-state index in [-0.39, 0.29) is 6.04 Å². The summed E-state index contributed by atoms with van der Waals surface area (Å²) < 4.78 is 1.86. The molecular weight excluding hydrogens is 340 g/mol. The van der Waals surface area contributed by atoms with E-state index >= 15 is 0 Å². The average molecular weight is 360 g/mol. The van der Waals surface area contributed by atoms with Crippen molar-refractivity contribution in [3.8, 4) is 5.69 Å². The molecule has 1 unspecified atom stereocenters. The van der Waals surface area contributed by atoms with Crippen LogP contribution in [0.15, 0.2) is 79.3 Å². The van der Waals surface area contributed by atoms with Gasteiger partial charge in [-0.1, -0.05) is 42.5 Å². The van der Waals surface area contributed by atoms with Crippen LogP contribution in [0.1, 0.15) is 29.0 Å². The van der Waals surface area contributed by atoms with Crippen LogP contribution in [0.5, 0.6) is 0 Å². The molecule has 4 aromatic rings. The number of hydrogen-bond acceptors (Lipinski definition) is 4. The van der Waals surface area contributed by atoms with E-state index in [0.29, 0.717) is 0 Å². The Hall–Kier alpha value is -2.92. The van der Waals surface area contributed by atoms with Gasteiger partial charge < -0.3 is 5.32 Å². The number of anilines is 1. The van der Waals surface area contributed by atoms with Gasteiger partial charge in [0, 0.05) is 29.9 Å². The molecule has 0 fully saturated rings. The van der Waals surface area contributed by atoms with E-state index in [1.807, 2.05) is 29.2 Å². The van der Waals surface area contributed by atoms with Gasteiger partial charge in [-0.15, -0.1) is 11.3 Å². The summed E-state index contributed by atoms with van der Waals surface area (Å²) in [6.07, 6.45) is 6.59. The lowest BCUT2D eigenvalue weighted by Gasteiger charge is -2.12. The Balaban J connectivity index is 1.40. The second kappa shape index (κ2) is 7.54. The molecule has 2 aromatic heterocycles. The van der Waals surface area contributed by atoms with Gasteiger partial charge >= 0.3 is 0 Å². The number of benzene rings is 2.